The van der Waals surface area contributed by atoms with E-state index in [0.717, 1.165) is 19.3 Å². The van der Waals surface area contributed by atoms with E-state index in [9.17, 15) is 9.00 Å². The van der Waals surface area contributed by atoms with Crippen molar-refractivity contribution in [1.82, 2.24) is 0 Å². The van der Waals surface area contributed by atoms with Crippen LogP contribution in [0.15, 0.2) is 24.3 Å². The van der Waals surface area contributed by atoms with E-state index < -0.39 is 16.8 Å². The first kappa shape index (κ1) is 16.0. The Morgan fingerprint density at radius 2 is 2.14 bits per heavy atom. The Kier molecular flexibility index (Phi) is 5.79. The van der Waals surface area contributed by atoms with E-state index in [0.29, 0.717) is 24.0 Å². The third-order valence-electron chi connectivity index (χ3n) is 3.92. The highest BCUT2D eigenvalue weighted by Gasteiger charge is 2.23. The van der Waals surface area contributed by atoms with Gasteiger partial charge >= 0.3 is 5.97 Å². The molecule has 0 saturated heterocycles. The first-order chi connectivity index (χ1) is 10.1. The minimum atomic E-state index is -1.01. The number of carboxylic acids is 1. The highest BCUT2D eigenvalue weighted by atomic mass is 32.2. The number of carbonyl (C=O) groups is 1. The second-order valence-corrected chi connectivity index (χ2v) is 7.46. The van der Waals surface area contributed by atoms with Crippen LogP contribution in [0.3, 0.4) is 0 Å². The van der Waals surface area contributed by atoms with E-state index in [1.54, 1.807) is 18.2 Å². The van der Waals surface area contributed by atoms with Crippen LogP contribution in [0, 0.1) is 5.92 Å². The number of aromatic carboxylic acids is 1. The number of carboxylic acid groups (broad SMARTS) is 1. The zero-order chi connectivity index (χ0) is 15.2. The molecule has 5 heteroatoms. The van der Waals surface area contributed by atoms with Crippen molar-refractivity contribution < 1.29 is 18.8 Å². The molecule has 1 aromatic carbocycles. The van der Waals surface area contributed by atoms with Crippen LogP contribution < -0.4 is 4.74 Å². The molecule has 0 radical (unpaired) electrons. The number of benzene rings is 1. The molecule has 1 N–H and O–H groups in total. The molecular weight excluding hydrogens is 288 g/mol. The zero-order valence-corrected chi connectivity index (χ0v) is 13.1. The van der Waals surface area contributed by atoms with Gasteiger partial charge in [-0.05, 0) is 30.9 Å². The molecule has 21 heavy (non-hydrogen) atoms. The lowest BCUT2D eigenvalue weighted by Gasteiger charge is -2.26. The molecule has 0 spiro atoms. The fourth-order valence-corrected chi connectivity index (χ4v) is 4.34. The summed E-state index contributed by atoms with van der Waals surface area (Å²) in [6.07, 6.45) is 4.44. The minimum Gasteiger partial charge on any atom is -0.492 e. The van der Waals surface area contributed by atoms with Gasteiger partial charge in [-0.25, -0.2) is 4.79 Å². The van der Waals surface area contributed by atoms with Gasteiger partial charge in [0.15, 0.2) is 0 Å². The van der Waals surface area contributed by atoms with Crippen LogP contribution in [0.25, 0.3) is 0 Å². The van der Waals surface area contributed by atoms with Crippen molar-refractivity contribution in [2.75, 3.05) is 12.4 Å². The van der Waals surface area contributed by atoms with Crippen LogP contribution in [0.1, 0.15) is 43.0 Å². The zero-order valence-electron chi connectivity index (χ0n) is 12.3. The van der Waals surface area contributed by atoms with E-state index in [1.807, 2.05) is 0 Å². The normalized spacial score (nSPS) is 23.5. The van der Waals surface area contributed by atoms with Gasteiger partial charge in [-0.2, -0.15) is 0 Å². The van der Waals surface area contributed by atoms with E-state index in [-0.39, 0.29) is 10.8 Å². The van der Waals surface area contributed by atoms with Crippen LogP contribution in [-0.2, 0) is 10.8 Å². The van der Waals surface area contributed by atoms with Gasteiger partial charge in [0.05, 0.1) is 12.4 Å². The lowest BCUT2D eigenvalue weighted by molar-refractivity contribution is 0.0692. The summed E-state index contributed by atoms with van der Waals surface area (Å²) in [6, 6.07) is 6.55. The average Bonchev–Trinajstić information content (AvgIpc) is 2.47. The van der Waals surface area contributed by atoms with Crippen LogP contribution in [-0.4, -0.2) is 32.9 Å². The van der Waals surface area contributed by atoms with Crippen LogP contribution in [0.5, 0.6) is 5.75 Å². The predicted molar refractivity (Wildman–Crippen MR) is 83.3 cm³/mol. The van der Waals surface area contributed by atoms with E-state index >= 15 is 0 Å². The molecule has 0 aromatic heterocycles. The Balaban J connectivity index is 1.84. The summed E-state index contributed by atoms with van der Waals surface area (Å²) in [7, 11) is -0.891. The topological polar surface area (TPSA) is 63.6 Å². The third kappa shape index (κ3) is 4.56. The Labute approximate surface area is 128 Å². The lowest BCUT2D eigenvalue weighted by Crippen LogP contribution is -2.26. The first-order valence-corrected chi connectivity index (χ1v) is 8.78. The summed E-state index contributed by atoms with van der Waals surface area (Å²) in [4.78, 5) is 11.1. The average molecular weight is 310 g/mol. The number of hydrogen-bond acceptors (Lipinski definition) is 3. The summed E-state index contributed by atoms with van der Waals surface area (Å²) in [5, 5.41) is 9.34. The number of rotatable bonds is 6. The quantitative estimate of drug-likeness (QED) is 0.877. The summed E-state index contributed by atoms with van der Waals surface area (Å²) in [6.45, 7) is 2.50. The molecular formula is C16H22O4S. The van der Waals surface area contributed by atoms with Gasteiger partial charge in [-0.1, -0.05) is 31.9 Å². The Hall–Kier alpha value is -1.36. The molecule has 0 heterocycles. The maximum absolute atomic E-state index is 12.3. The number of para-hydroxylation sites is 1. The molecule has 4 nitrogen and oxygen atoms in total. The third-order valence-corrected chi connectivity index (χ3v) is 5.66. The SMILES string of the molecule is CC1CCCC(S(=O)CCOc2ccccc2C(=O)O)C1. The summed E-state index contributed by atoms with van der Waals surface area (Å²) in [5.74, 6) is 0.457. The van der Waals surface area contributed by atoms with E-state index in [2.05, 4.69) is 6.92 Å². The molecule has 3 unspecified atom stereocenters. The molecule has 1 aliphatic carbocycles. The van der Waals surface area contributed by atoms with Gasteiger partial charge in [0.1, 0.15) is 11.3 Å². The fourth-order valence-electron chi connectivity index (χ4n) is 2.79. The van der Waals surface area contributed by atoms with E-state index in [1.165, 1.54) is 12.5 Å². The lowest BCUT2D eigenvalue weighted by atomic mass is 9.91. The van der Waals surface area contributed by atoms with Crippen molar-refractivity contribution in [1.29, 1.82) is 0 Å². The maximum atomic E-state index is 12.3. The minimum absolute atomic E-state index is 0.148. The molecule has 0 bridgehead atoms. The Bertz CT molecular complexity index is 515. The predicted octanol–water partition coefficient (Wildman–Crippen LogP) is 3.09. The van der Waals surface area contributed by atoms with Crippen molar-refractivity contribution in [2.45, 2.75) is 37.9 Å². The molecule has 0 amide bonds. The monoisotopic (exact) mass is 310 g/mol. The second kappa shape index (κ2) is 7.59. The number of ether oxygens (including phenoxy) is 1. The van der Waals surface area contributed by atoms with Crippen LogP contribution >= 0.6 is 0 Å². The molecule has 1 aromatic rings. The molecule has 2 rings (SSSR count). The molecule has 116 valence electrons. The van der Waals surface area contributed by atoms with Crippen molar-refractivity contribution >= 4 is 16.8 Å². The summed E-state index contributed by atoms with van der Waals surface area (Å²) >= 11 is 0. The second-order valence-electron chi connectivity index (χ2n) is 5.63. The van der Waals surface area contributed by atoms with Crippen molar-refractivity contribution in [3.63, 3.8) is 0 Å². The van der Waals surface area contributed by atoms with E-state index in [4.69, 9.17) is 9.84 Å². The Morgan fingerprint density at radius 3 is 2.86 bits per heavy atom. The maximum Gasteiger partial charge on any atom is 0.339 e. The molecule has 1 aliphatic rings. The van der Waals surface area contributed by atoms with Gasteiger partial charge in [-0.3, -0.25) is 4.21 Å². The molecule has 1 saturated carbocycles. The first-order valence-electron chi connectivity index (χ1n) is 7.40. The number of hydrogen-bond donors (Lipinski definition) is 1. The molecule has 1 fully saturated rings. The largest absolute Gasteiger partial charge is 0.492 e. The molecule has 0 aliphatic heterocycles. The fraction of sp³-hybridized carbons (Fsp3) is 0.562. The summed E-state index contributed by atoms with van der Waals surface area (Å²) in [5.41, 5.74) is 0.148. The highest BCUT2D eigenvalue weighted by Crippen LogP contribution is 2.27. The van der Waals surface area contributed by atoms with Gasteiger partial charge in [0.2, 0.25) is 0 Å². The smallest absolute Gasteiger partial charge is 0.339 e. The molecule has 3 atom stereocenters. The van der Waals surface area contributed by atoms with Crippen LogP contribution in [0.4, 0.5) is 0 Å². The van der Waals surface area contributed by atoms with Gasteiger partial charge in [0, 0.05) is 16.0 Å². The van der Waals surface area contributed by atoms with Crippen molar-refractivity contribution in [3.05, 3.63) is 29.8 Å². The summed E-state index contributed by atoms with van der Waals surface area (Å²) < 4.78 is 17.8. The highest BCUT2D eigenvalue weighted by molar-refractivity contribution is 7.85. The Morgan fingerprint density at radius 1 is 1.38 bits per heavy atom. The van der Waals surface area contributed by atoms with Crippen molar-refractivity contribution in [3.8, 4) is 5.75 Å². The van der Waals surface area contributed by atoms with Gasteiger partial charge in [-0.15, -0.1) is 0 Å². The van der Waals surface area contributed by atoms with Gasteiger partial charge < -0.3 is 9.84 Å². The van der Waals surface area contributed by atoms with Crippen LogP contribution in [0.2, 0.25) is 0 Å². The standard InChI is InChI=1S/C16H22O4S/c1-12-5-4-6-13(11-12)21(19)10-9-20-15-8-3-2-7-14(15)16(17)18/h2-3,7-8,12-13H,4-6,9-11H2,1H3,(H,17,18). The van der Waals surface area contributed by atoms with Crippen molar-refractivity contribution in [2.24, 2.45) is 5.92 Å². The van der Waals surface area contributed by atoms with Gasteiger partial charge in [0.25, 0.3) is 0 Å².